The van der Waals surface area contributed by atoms with Crippen molar-refractivity contribution in [2.45, 2.75) is 18.9 Å². The van der Waals surface area contributed by atoms with E-state index >= 15 is 0 Å². The molecular weight excluding hydrogens is 172 g/mol. The van der Waals surface area contributed by atoms with Crippen molar-refractivity contribution >= 4 is 5.97 Å². The second kappa shape index (κ2) is 2.35. The van der Waals surface area contributed by atoms with E-state index in [4.69, 9.17) is 9.52 Å². The molecule has 0 fully saturated rings. The molecule has 1 aromatic rings. The van der Waals surface area contributed by atoms with Crippen LogP contribution >= 0.6 is 0 Å². The van der Waals surface area contributed by atoms with Gasteiger partial charge in [0.2, 0.25) is 0 Å². The van der Waals surface area contributed by atoms with Crippen LogP contribution in [0.25, 0.3) is 0 Å². The number of hydrogen-bond acceptors (Lipinski definition) is 3. The van der Waals surface area contributed by atoms with Gasteiger partial charge in [0.25, 0.3) is 0 Å². The minimum Gasteiger partial charge on any atom is -0.479 e. The zero-order valence-electron chi connectivity index (χ0n) is 7.15. The van der Waals surface area contributed by atoms with Gasteiger partial charge in [0, 0.05) is 17.9 Å². The number of carboxylic acids is 1. The topological polar surface area (TPSA) is 70.7 Å². The summed E-state index contributed by atoms with van der Waals surface area (Å²) in [6, 6.07) is 1.52. The average molecular weight is 182 g/mol. The number of carboxylic acid groups (broad SMARTS) is 1. The maximum absolute atomic E-state index is 10.9. The lowest BCUT2D eigenvalue weighted by Crippen LogP contribution is -2.38. The molecule has 4 nitrogen and oxygen atoms in total. The first-order chi connectivity index (χ1) is 6.06. The molecule has 0 aromatic carbocycles. The Morgan fingerprint density at radius 3 is 3.08 bits per heavy atom. The maximum Gasteiger partial charge on any atom is 0.340 e. The summed E-state index contributed by atoms with van der Waals surface area (Å²) >= 11 is 0. The van der Waals surface area contributed by atoms with E-state index in [0.717, 1.165) is 0 Å². The number of rotatable bonds is 1. The van der Waals surface area contributed by atoms with Crippen LogP contribution in [0.1, 0.15) is 18.2 Å². The Kier molecular flexibility index (Phi) is 1.51. The van der Waals surface area contributed by atoms with E-state index in [-0.39, 0.29) is 5.92 Å². The Morgan fingerprint density at radius 2 is 2.46 bits per heavy atom. The molecule has 0 bridgehead atoms. The molecule has 0 aliphatic heterocycles. The van der Waals surface area contributed by atoms with Crippen LogP contribution in [0.4, 0.5) is 0 Å². The summed E-state index contributed by atoms with van der Waals surface area (Å²) in [5.74, 6) is -0.961. The van der Waals surface area contributed by atoms with Crippen molar-refractivity contribution < 1.29 is 19.4 Å². The van der Waals surface area contributed by atoms with E-state index in [1.165, 1.54) is 12.3 Å². The second-order valence-electron chi connectivity index (χ2n) is 3.43. The maximum atomic E-state index is 10.9. The Bertz CT molecular complexity index is 354. The first kappa shape index (κ1) is 8.31. The van der Waals surface area contributed by atoms with Gasteiger partial charge in [0.1, 0.15) is 5.76 Å². The summed E-state index contributed by atoms with van der Waals surface area (Å²) in [7, 11) is 0. The highest BCUT2D eigenvalue weighted by atomic mass is 16.4. The zero-order chi connectivity index (χ0) is 9.64. The van der Waals surface area contributed by atoms with Crippen LogP contribution in [0.3, 0.4) is 0 Å². The van der Waals surface area contributed by atoms with Crippen molar-refractivity contribution in [2.75, 3.05) is 0 Å². The normalized spacial score (nSPS) is 31.7. The lowest BCUT2D eigenvalue weighted by atomic mass is 9.89. The van der Waals surface area contributed by atoms with E-state index in [1.54, 1.807) is 6.92 Å². The number of fused-ring (bicyclic) bond motifs is 1. The van der Waals surface area contributed by atoms with Gasteiger partial charge in [-0.2, -0.15) is 0 Å². The third kappa shape index (κ3) is 0.862. The van der Waals surface area contributed by atoms with Gasteiger partial charge in [-0.05, 0) is 6.07 Å². The molecule has 70 valence electrons. The molecule has 1 aliphatic rings. The van der Waals surface area contributed by atoms with E-state index in [9.17, 15) is 9.90 Å². The van der Waals surface area contributed by atoms with Crippen LogP contribution in [0.5, 0.6) is 0 Å². The number of aliphatic hydroxyl groups is 1. The first-order valence-electron chi connectivity index (χ1n) is 4.09. The molecule has 2 N–H and O–H groups in total. The fourth-order valence-corrected chi connectivity index (χ4v) is 1.86. The molecule has 1 aromatic heterocycles. The summed E-state index contributed by atoms with van der Waals surface area (Å²) < 4.78 is 5.07. The van der Waals surface area contributed by atoms with E-state index in [0.29, 0.717) is 17.7 Å². The van der Waals surface area contributed by atoms with Gasteiger partial charge in [-0.15, -0.1) is 0 Å². The highest BCUT2D eigenvalue weighted by molar-refractivity contribution is 5.81. The van der Waals surface area contributed by atoms with Crippen LogP contribution in [-0.2, 0) is 16.8 Å². The third-order valence-corrected chi connectivity index (χ3v) is 2.69. The van der Waals surface area contributed by atoms with Crippen molar-refractivity contribution in [3.63, 3.8) is 0 Å². The highest BCUT2D eigenvalue weighted by Crippen LogP contribution is 2.41. The minimum atomic E-state index is -1.76. The standard InChI is InChI=1S/C9H10O4/c1-5-4-7-6(2-3-13-7)9(5,12)8(10)11/h2-3,5,12H,4H2,1H3,(H,10,11). The van der Waals surface area contributed by atoms with Crippen molar-refractivity contribution in [3.8, 4) is 0 Å². The number of carbonyl (C=O) groups is 1. The molecule has 13 heavy (non-hydrogen) atoms. The zero-order valence-corrected chi connectivity index (χ0v) is 7.15. The molecule has 0 radical (unpaired) electrons. The van der Waals surface area contributed by atoms with E-state index < -0.39 is 11.6 Å². The number of aliphatic carboxylic acids is 1. The van der Waals surface area contributed by atoms with Gasteiger partial charge >= 0.3 is 5.97 Å². The molecule has 2 unspecified atom stereocenters. The van der Waals surface area contributed by atoms with Crippen molar-refractivity contribution in [1.82, 2.24) is 0 Å². The van der Waals surface area contributed by atoms with Gasteiger partial charge in [-0.3, -0.25) is 0 Å². The predicted octanol–water partition coefficient (Wildman–Crippen LogP) is 0.744. The van der Waals surface area contributed by atoms with E-state index in [1.807, 2.05) is 0 Å². The molecule has 1 heterocycles. The smallest absolute Gasteiger partial charge is 0.340 e. The molecule has 0 saturated heterocycles. The predicted molar refractivity (Wildman–Crippen MR) is 43.1 cm³/mol. The van der Waals surface area contributed by atoms with Crippen LogP contribution in [0, 0.1) is 5.92 Å². The molecule has 1 aliphatic carbocycles. The summed E-state index contributed by atoms with van der Waals surface area (Å²) in [4.78, 5) is 10.9. The van der Waals surface area contributed by atoms with Crippen LogP contribution in [0.2, 0.25) is 0 Å². The molecule has 2 rings (SSSR count). The molecule has 0 amide bonds. The average Bonchev–Trinajstić information content (AvgIpc) is 2.57. The summed E-state index contributed by atoms with van der Waals surface area (Å²) in [6.45, 7) is 1.70. The van der Waals surface area contributed by atoms with Gasteiger partial charge in [0.15, 0.2) is 5.60 Å². The second-order valence-corrected chi connectivity index (χ2v) is 3.43. The number of hydrogen-bond donors (Lipinski definition) is 2. The quantitative estimate of drug-likeness (QED) is 0.672. The molecular formula is C9H10O4. The Hall–Kier alpha value is -1.29. The molecule has 0 spiro atoms. The van der Waals surface area contributed by atoms with Crippen LogP contribution < -0.4 is 0 Å². The SMILES string of the molecule is CC1Cc2occc2C1(O)C(=O)O. The van der Waals surface area contributed by atoms with E-state index in [2.05, 4.69) is 0 Å². The Labute approximate surface area is 74.8 Å². The highest BCUT2D eigenvalue weighted by Gasteiger charge is 2.51. The molecule has 2 atom stereocenters. The summed E-state index contributed by atoms with van der Waals surface area (Å²) in [6.07, 6.45) is 1.88. The largest absolute Gasteiger partial charge is 0.479 e. The van der Waals surface area contributed by atoms with Crippen LogP contribution in [0.15, 0.2) is 16.7 Å². The van der Waals surface area contributed by atoms with Crippen molar-refractivity contribution in [3.05, 3.63) is 23.7 Å². The molecule has 0 saturated carbocycles. The first-order valence-corrected chi connectivity index (χ1v) is 4.09. The third-order valence-electron chi connectivity index (χ3n) is 2.69. The van der Waals surface area contributed by atoms with Gasteiger partial charge in [0.05, 0.1) is 6.26 Å². The van der Waals surface area contributed by atoms with Gasteiger partial charge in [-0.1, -0.05) is 6.92 Å². The fourth-order valence-electron chi connectivity index (χ4n) is 1.86. The number of furan rings is 1. The van der Waals surface area contributed by atoms with Crippen LogP contribution in [-0.4, -0.2) is 16.2 Å². The molecule has 4 heteroatoms. The van der Waals surface area contributed by atoms with Gasteiger partial charge in [-0.25, -0.2) is 4.79 Å². The van der Waals surface area contributed by atoms with Crippen molar-refractivity contribution in [1.29, 1.82) is 0 Å². The summed E-state index contributed by atoms with van der Waals surface area (Å²) in [5, 5.41) is 18.8. The van der Waals surface area contributed by atoms with Crippen molar-refractivity contribution in [2.24, 2.45) is 5.92 Å². The Balaban J connectivity index is 2.56. The lowest BCUT2D eigenvalue weighted by Gasteiger charge is -2.22. The van der Waals surface area contributed by atoms with Gasteiger partial charge < -0.3 is 14.6 Å². The fraction of sp³-hybridized carbons (Fsp3) is 0.444. The summed E-state index contributed by atoms with van der Waals surface area (Å²) in [5.41, 5.74) is -1.37. The Morgan fingerprint density at radius 1 is 1.77 bits per heavy atom. The minimum absolute atomic E-state index is 0.333. The monoisotopic (exact) mass is 182 g/mol. The lowest BCUT2D eigenvalue weighted by molar-refractivity contribution is -0.164.